The zero-order valence-corrected chi connectivity index (χ0v) is 14.6. The summed E-state index contributed by atoms with van der Waals surface area (Å²) in [6.07, 6.45) is -9.00. The first-order valence-corrected chi connectivity index (χ1v) is 8.80. The highest BCUT2D eigenvalue weighted by Gasteiger charge is 2.64. The van der Waals surface area contributed by atoms with Gasteiger partial charge in [0.2, 0.25) is 0 Å². The normalized spacial score (nSPS) is 26.9. The molecule has 150 valence electrons. The minimum Gasteiger partial charge on any atom is -0.368 e. The molecule has 1 aliphatic heterocycles. The standard InChI is InChI=1S/C20H17F6NO/c21-19(22,23)14-6-12(7-15(8-14)20(24,25)26)11-28-18-9-16(18)10-27-17(18)13-4-2-1-3-5-13/h1-8,16-17,27H,9-11H2/t16?,17-,18+/m0/s1. The van der Waals surface area contributed by atoms with Crippen LogP contribution in [0.3, 0.4) is 0 Å². The van der Waals surface area contributed by atoms with Crippen LogP contribution in [0.15, 0.2) is 48.5 Å². The van der Waals surface area contributed by atoms with Gasteiger partial charge in [0, 0.05) is 12.5 Å². The van der Waals surface area contributed by atoms with Crippen LogP contribution < -0.4 is 5.32 Å². The van der Waals surface area contributed by atoms with Crippen molar-refractivity contribution in [2.45, 2.75) is 37.0 Å². The predicted molar refractivity (Wildman–Crippen MR) is 89.3 cm³/mol. The van der Waals surface area contributed by atoms with Crippen molar-refractivity contribution in [1.82, 2.24) is 5.32 Å². The molecule has 2 aliphatic rings. The molecule has 0 bridgehead atoms. The van der Waals surface area contributed by atoms with Gasteiger partial charge < -0.3 is 10.1 Å². The van der Waals surface area contributed by atoms with E-state index in [4.69, 9.17) is 4.74 Å². The van der Waals surface area contributed by atoms with Crippen LogP contribution in [-0.4, -0.2) is 12.1 Å². The fourth-order valence-corrected chi connectivity index (χ4v) is 3.98. The minimum atomic E-state index is -4.86. The van der Waals surface area contributed by atoms with Crippen molar-refractivity contribution in [2.75, 3.05) is 6.54 Å². The molecule has 1 saturated heterocycles. The van der Waals surface area contributed by atoms with Gasteiger partial charge in [0.05, 0.1) is 29.4 Å². The largest absolute Gasteiger partial charge is 0.416 e. The maximum Gasteiger partial charge on any atom is 0.416 e. The van der Waals surface area contributed by atoms with Crippen LogP contribution in [0.5, 0.6) is 0 Å². The molecule has 2 fully saturated rings. The van der Waals surface area contributed by atoms with Crippen LogP contribution in [-0.2, 0) is 23.7 Å². The molecule has 8 heteroatoms. The molecule has 2 nitrogen and oxygen atoms in total. The van der Waals surface area contributed by atoms with Crippen molar-refractivity contribution in [3.8, 4) is 0 Å². The summed E-state index contributed by atoms with van der Waals surface area (Å²) in [5, 5.41) is 3.34. The molecule has 1 N–H and O–H groups in total. The average molecular weight is 401 g/mol. The van der Waals surface area contributed by atoms with Gasteiger partial charge in [0.15, 0.2) is 0 Å². The highest BCUT2D eigenvalue weighted by atomic mass is 19.4. The SMILES string of the molecule is FC(F)(F)c1cc(CO[C@]23CC2CN[C@H]3c2ccccc2)cc(C(F)(F)F)c1. The summed E-state index contributed by atoms with van der Waals surface area (Å²) in [6, 6.07) is 10.9. The first kappa shape index (κ1) is 19.3. The van der Waals surface area contributed by atoms with Crippen LogP contribution in [0.4, 0.5) is 26.3 Å². The smallest absolute Gasteiger partial charge is 0.368 e. The van der Waals surface area contributed by atoms with E-state index in [1.807, 2.05) is 30.3 Å². The maximum absolute atomic E-state index is 13.0. The number of hydrogen-bond donors (Lipinski definition) is 1. The maximum atomic E-state index is 13.0. The van der Waals surface area contributed by atoms with Crippen molar-refractivity contribution in [3.63, 3.8) is 0 Å². The predicted octanol–water partition coefficient (Wildman–Crippen LogP) is 5.34. The van der Waals surface area contributed by atoms with E-state index in [1.54, 1.807) is 0 Å². The zero-order chi connectivity index (χ0) is 20.2. The molecule has 0 aromatic heterocycles. The third-order valence-corrected chi connectivity index (χ3v) is 5.44. The lowest BCUT2D eigenvalue weighted by Crippen LogP contribution is -2.29. The summed E-state index contributed by atoms with van der Waals surface area (Å²) in [7, 11) is 0. The Morgan fingerprint density at radius 3 is 2.07 bits per heavy atom. The summed E-state index contributed by atoms with van der Waals surface area (Å²) >= 11 is 0. The molecular formula is C20H17F6NO. The van der Waals surface area contributed by atoms with Gasteiger partial charge in [-0.15, -0.1) is 0 Å². The third-order valence-electron chi connectivity index (χ3n) is 5.44. The molecule has 1 saturated carbocycles. The van der Waals surface area contributed by atoms with E-state index >= 15 is 0 Å². The Morgan fingerprint density at radius 1 is 0.929 bits per heavy atom. The van der Waals surface area contributed by atoms with Gasteiger partial charge in [-0.25, -0.2) is 0 Å². The van der Waals surface area contributed by atoms with E-state index < -0.39 is 29.1 Å². The number of hydrogen-bond acceptors (Lipinski definition) is 2. The number of nitrogens with one attached hydrogen (secondary N) is 1. The zero-order valence-electron chi connectivity index (χ0n) is 14.6. The number of rotatable bonds is 4. The van der Waals surface area contributed by atoms with E-state index in [1.165, 1.54) is 0 Å². The van der Waals surface area contributed by atoms with Crippen molar-refractivity contribution >= 4 is 0 Å². The lowest BCUT2D eigenvalue weighted by atomic mass is 10.0. The molecule has 3 atom stereocenters. The summed E-state index contributed by atoms with van der Waals surface area (Å²) in [5.74, 6) is 0.200. The highest BCUT2D eigenvalue weighted by molar-refractivity contribution is 5.34. The molecule has 2 aromatic carbocycles. The second-order valence-electron chi connectivity index (χ2n) is 7.31. The van der Waals surface area contributed by atoms with Gasteiger partial charge in [-0.3, -0.25) is 0 Å². The summed E-state index contributed by atoms with van der Waals surface area (Å²) in [5.41, 5.74) is -2.39. The first-order chi connectivity index (χ1) is 13.1. The fourth-order valence-electron chi connectivity index (χ4n) is 3.98. The van der Waals surface area contributed by atoms with E-state index in [0.717, 1.165) is 24.1 Å². The Morgan fingerprint density at radius 2 is 1.54 bits per heavy atom. The number of benzene rings is 2. The average Bonchev–Trinajstić information content (AvgIpc) is 3.23. The van der Waals surface area contributed by atoms with Gasteiger partial charge >= 0.3 is 12.4 Å². The van der Waals surface area contributed by atoms with Crippen LogP contribution in [0, 0.1) is 5.92 Å². The topological polar surface area (TPSA) is 21.3 Å². The molecule has 1 heterocycles. The molecule has 2 aromatic rings. The van der Waals surface area contributed by atoms with E-state index in [2.05, 4.69) is 5.32 Å². The van der Waals surface area contributed by atoms with Crippen molar-refractivity contribution in [2.24, 2.45) is 5.92 Å². The number of fused-ring (bicyclic) bond motifs is 1. The molecule has 1 aliphatic carbocycles. The lowest BCUT2D eigenvalue weighted by molar-refractivity contribution is -0.143. The van der Waals surface area contributed by atoms with Crippen LogP contribution in [0.1, 0.15) is 34.7 Å². The highest BCUT2D eigenvalue weighted by Crippen LogP contribution is 2.58. The van der Waals surface area contributed by atoms with Crippen molar-refractivity contribution < 1.29 is 31.1 Å². The van der Waals surface area contributed by atoms with Gasteiger partial charge in [-0.2, -0.15) is 26.3 Å². The lowest BCUT2D eigenvalue weighted by Gasteiger charge is -2.25. The third kappa shape index (κ3) is 3.51. The minimum absolute atomic E-state index is 0.131. The number of alkyl halides is 6. The Hall–Kier alpha value is -2.06. The van der Waals surface area contributed by atoms with Gasteiger partial charge in [0.1, 0.15) is 0 Å². The Labute approximate surface area is 157 Å². The first-order valence-electron chi connectivity index (χ1n) is 8.80. The van der Waals surface area contributed by atoms with E-state index in [9.17, 15) is 26.3 Å². The summed E-state index contributed by atoms with van der Waals surface area (Å²) in [6.45, 7) is 0.393. The number of piperidine rings is 1. The number of ether oxygens (including phenoxy) is 1. The van der Waals surface area contributed by atoms with Gasteiger partial charge in [-0.1, -0.05) is 30.3 Å². The molecule has 0 spiro atoms. The van der Waals surface area contributed by atoms with Crippen molar-refractivity contribution in [3.05, 3.63) is 70.8 Å². The van der Waals surface area contributed by atoms with Crippen LogP contribution in [0.2, 0.25) is 0 Å². The summed E-state index contributed by atoms with van der Waals surface area (Å²) in [4.78, 5) is 0. The monoisotopic (exact) mass is 401 g/mol. The van der Waals surface area contributed by atoms with E-state index in [0.29, 0.717) is 6.54 Å². The Balaban J connectivity index is 1.58. The molecule has 0 radical (unpaired) electrons. The van der Waals surface area contributed by atoms with Crippen molar-refractivity contribution in [1.29, 1.82) is 0 Å². The Kier molecular flexibility index (Phi) is 4.46. The van der Waals surface area contributed by atoms with Gasteiger partial charge in [0.25, 0.3) is 0 Å². The second kappa shape index (κ2) is 6.49. The Bertz CT molecular complexity index is 831. The molecule has 1 unspecified atom stereocenters. The molecule has 4 rings (SSSR count). The van der Waals surface area contributed by atoms with Crippen LogP contribution >= 0.6 is 0 Å². The number of halogens is 6. The second-order valence-corrected chi connectivity index (χ2v) is 7.31. The molecular weight excluding hydrogens is 384 g/mol. The van der Waals surface area contributed by atoms with Crippen LogP contribution in [0.25, 0.3) is 0 Å². The molecule has 28 heavy (non-hydrogen) atoms. The fraction of sp³-hybridized carbons (Fsp3) is 0.400. The quantitative estimate of drug-likeness (QED) is 0.698. The van der Waals surface area contributed by atoms with Gasteiger partial charge in [-0.05, 0) is 35.7 Å². The summed E-state index contributed by atoms with van der Waals surface area (Å²) < 4.78 is 84.1. The van der Waals surface area contributed by atoms with E-state index in [-0.39, 0.29) is 30.2 Å². The molecule has 0 amide bonds.